The molecule has 5 rings (SSSR count). The van der Waals surface area contributed by atoms with Crippen LogP contribution in [0.25, 0.3) is 11.0 Å². The van der Waals surface area contributed by atoms with E-state index in [1.165, 1.54) is 6.07 Å². The zero-order valence-corrected chi connectivity index (χ0v) is 17.8. The predicted molar refractivity (Wildman–Crippen MR) is 118 cm³/mol. The van der Waals surface area contributed by atoms with E-state index in [1.807, 2.05) is 24.3 Å². The first-order valence-electron chi connectivity index (χ1n) is 10.8. The van der Waals surface area contributed by atoms with Gasteiger partial charge < -0.3 is 10.1 Å². The summed E-state index contributed by atoms with van der Waals surface area (Å²) in [5.41, 5.74) is 1.63. The summed E-state index contributed by atoms with van der Waals surface area (Å²) in [5.74, 6) is -2.22. The van der Waals surface area contributed by atoms with Crippen molar-refractivity contribution in [1.82, 2.24) is 14.5 Å². The number of morpholine rings is 1. The van der Waals surface area contributed by atoms with Gasteiger partial charge in [0.1, 0.15) is 6.04 Å². The van der Waals surface area contributed by atoms with Crippen LogP contribution in [0.1, 0.15) is 12.5 Å². The monoisotopic (exact) mass is 455 g/mol. The summed E-state index contributed by atoms with van der Waals surface area (Å²) in [4.78, 5) is 34.6. The fourth-order valence-electron chi connectivity index (χ4n) is 4.33. The topological polar surface area (TPSA) is 79.7 Å². The van der Waals surface area contributed by atoms with E-state index < -0.39 is 23.6 Å². The number of fused-ring (bicyclic) bond motifs is 3. The van der Waals surface area contributed by atoms with Gasteiger partial charge in [-0.05, 0) is 24.3 Å². The number of hydrogen-bond donors (Lipinski definition) is 1. The lowest BCUT2D eigenvalue weighted by Gasteiger charge is -2.28. The predicted octanol–water partition coefficient (Wildman–Crippen LogP) is 2.56. The molecular formula is C23H23F2N5O3. The van der Waals surface area contributed by atoms with Gasteiger partial charge in [0.2, 0.25) is 11.9 Å². The van der Waals surface area contributed by atoms with Gasteiger partial charge in [-0.25, -0.2) is 13.8 Å². The molecule has 172 valence electrons. The lowest BCUT2D eigenvalue weighted by atomic mass is 10.1. The maximum Gasteiger partial charge on any atom is 0.253 e. The quantitative estimate of drug-likeness (QED) is 0.618. The third-order valence-corrected chi connectivity index (χ3v) is 6.01. The molecule has 1 N–H and O–H groups in total. The van der Waals surface area contributed by atoms with Crippen molar-refractivity contribution in [1.29, 1.82) is 0 Å². The molecule has 1 saturated heterocycles. The maximum absolute atomic E-state index is 13.5. The van der Waals surface area contributed by atoms with Gasteiger partial charge in [-0.3, -0.25) is 24.0 Å². The first kappa shape index (κ1) is 21.5. The molecule has 0 aliphatic carbocycles. The molecule has 0 bridgehead atoms. The van der Waals surface area contributed by atoms with Crippen LogP contribution in [0.4, 0.5) is 20.4 Å². The highest BCUT2D eigenvalue weighted by atomic mass is 19.2. The molecule has 2 aliphatic rings. The van der Waals surface area contributed by atoms with Crippen LogP contribution in [0.15, 0.2) is 42.5 Å². The zero-order chi connectivity index (χ0) is 22.9. The maximum atomic E-state index is 13.5. The smallest absolute Gasteiger partial charge is 0.253 e. The second kappa shape index (κ2) is 8.87. The van der Waals surface area contributed by atoms with E-state index in [4.69, 9.17) is 4.74 Å². The molecule has 0 unspecified atom stereocenters. The molecule has 2 aliphatic heterocycles. The number of carbonyl (C=O) groups excluding carboxylic acids is 2. The van der Waals surface area contributed by atoms with E-state index in [0.717, 1.165) is 36.3 Å². The number of benzene rings is 2. The summed E-state index contributed by atoms with van der Waals surface area (Å²) in [6, 6.07) is 9.82. The Hall–Kier alpha value is -3.37. The number of ether oxygens (including phenoxy) is 1. The van der Waals surface area contributed by atoms with Gasteiger partial charge in [0, 0.05) is 37.9 Å². The summed E-state index contributed by atoms with van der Waals surface area (Å²) in [6.45, 7) is 4.06. The van der Waals surface area contributed by atoms with Crippen LogP contribution in [0, 0.1) is 11.6 Å². The van der Waals surface area contributed by atoms with E-state index in [9.17, 15) is 18.4 Å². The number of halogens is 2. The summed E-state index contributed by atoms with van der Waals surface area (Å²) in [5, 5.41) is 2.55. The molecule has 1 fully saturated rings. The third-order valence-electron chi connectivity index (χ3n) is 6.01. The van der Waals surface area contributed by atoms with Gasteiger partial charge in [0.15, 0.2) is 11.6 Å². The first-order valence-corrected chi connectivity index (χ1v) is 10.8. The van der Waals surface area contributed by atoms with Crippen LogP contribution in [-0.4, -0.2) is 65.7 Å². The fourth-order valence-corrected chi connectivity index (χ4v) is 4.33. The van der Waals surface area contributed by atoms with Gasteiger partial charge in [0.05, 0.1) is 30.7 Å². The average Bonchev–Trinajstić information content (AvgIpc) is 3.30. The Balaban J connectivity index is 1.38. The standard InChI is InChI=1S/C23H23F2N5O3/c24-16-6-5-15(13-17(16)25)26-21(31)14-20-22(32)29(8-7-28-9-11-33-12-10-28)23-27-18-3-1-2-4-19(18)30(20)23/h1-6,13,20H,7-12,14H2,(H,26,31)/t20-/m0/s1. The molecule has 33 heavy (non-hydrogen) atoms. The number of amides is 2. The largest absolute Gasteiger partial charge is 0.379 e. The number of aromatic nitrogens is 2. The van der Waals surface area contributed by atoms with Crippen LogP contribution in [0.5, 0.6) is 0 Å². The molecule has 0 saturated carbocycles. The van der Waals surface area contributed by atoms with Crippen molar-refractivity contribution in [3.8, 4) is 0 Å². The number of carbonyl (C=O) groups is 2. The van der Waals surface area contributed by atoms with Crippen LogP contribution in [0.2, 0.25) is 0 Å². The molecule has 1 atom stereocenters. The number of anilines is 2. The highest BCUT2D eigenvalue weighted by Gasteiger charge is 2.40. The highest BCUT2D eigenvalue weighted by molar-refractivity contribution is 6.05. The Bertz CT molecular complexity index is 1210. The number of nitrogens with zero attached hydrogens (tertiary/aromatic N) is 4. The van der Waals surface area contributed by atoms with Gasteiger partial charge >= 0.3 is 0 Å². The van der Waals surface area contributed by atoms with E-state index >= 15 is 0 Å². The van der Waals surface area contributed by atoms with Crippen molar-refractivity contribution < 1.29 is 23.1 Å². The Labute approximate surface area is 188 Å². The normalized spacial score (nSPS) is 18.7. The second-order valence-electron chi connectivity index (χ2n) is 8.11. The van der Waals surface area contributed by atoms with E-state index in [0.29, 0.717) is 32.3 Å². The molecule has 8 nitrogen and oxygen atoms in total. The summed E-state index contributed by atoms with van der Waals surface area (Å²) in [6.07, 6.45) is -0.154. The summed E-state index contributed by atoms with van der Waals surface area (Å²) >= 11 is 0. The number of rotatable bonds is 6. The van der Waals surface area contributed by atoms with Crippen molar-refractivity contribution in [3.63, 3.8) is 0 Å². The van der Waals surface area contributed by atoms with Gasteiger partial charge in [-0.2, -0.15) is 0 Å². The molecule has 3 heterocycles. The van der Waals surface area contributed by atoms with E-state index in [-0.39, 0.29) is 18.0 Å². The first-order chi connectivity index (χ1) is 16.0. The molecule has 3 aromatic rings. The Morgan fingerprint density at radius 1 is 1.09 bits per heavy atom. The van der Waals surface area contributed by atoms with Crippen molar-refractivity contribution in [2.45, 2.75) is 12.5 Å². The van der Waals surface area contributed by atoms with Crippen LogP contribution in [-0.2, 0) is 14.3 Å². The van der Waals surface area contributed by atoms with E-state index in [1.54, 1.807) is 9.47 Å². The lowest BCUT2D eigenvalue weighted by molar-refractivity contribution is -0.124. The Morgan fingerprint density at radius 2 is 1.88 bits per heavy atom. The fraction of sp³-hybridized carbons (Fsp3) is 0.348. The highest BCUT2D eigenvalue weighted by Crippen LogP contribution is 2.36. The van der Waals surface area contributed by atoms with Crippen molar-refractivity contribution in [3.05, 3.63) is 54.1 Å². The molecule has 0 spiro atoms. The van der Waals surface area contributed by atoms with Crippen LogP contribution >= 0.6 is 0 Å². The minimum Gasteiger partial charge on any atom is -0.379 e. The second-order valence-corrected chi connectivity index (χ2v) is 8.11. The van der Waals surface area contributed by atoms with Gasteiger partial charge in [-0.1, -0.05) is 12.1 Å². The number of nitrogens with one attached hydrogen (secondary N) is 1. The molecule has 10 heteroatoms. The van der Waals surface area contributed by atoms with E-state index in [2.05, 4.69) is 15.2 Å². The lowest BCUT2D eigenvalue weighted by Crippen LogP contribution is -2.42. The zero-order valence-electron chi connectivity index (χ0n) is 17.8. The van der Waals surface area contributed by atoms with Crippen LogP contribution < -0.4 is 10.2 Å². The minimum atomic E-state index is -1.05. The van der Waals surface area contributed by atoms with Crippen LogP contribution in [0.3, 0.4) is 0 Å². The number of imidazole rings is 1. The molecule has 2 aromatic carbocycles. The summed E-state index contributed by atoms with van der Waals surface area (Å²) < 4.78 is 33.9. The number of para-hydroxylation sites is 2. The summed E-state index contributed by atoms with van der Waals surface area (Å²) in [7, 11) is 0. The minimum absolute atomic E-state index is 0.129. The molecular weight excluding hydrogens is 432 g/mol. The van der Waals surface area contributed by atoms with Crippen molar-refractivity contribution in [2.75, 3.05) is 49.6 Å². The molecule has 0 radical (unpaired) electrons. The average molecular weight is 455 g/mol. The molecule has 2 amide bonds. The SMILES string of the molecule is O=C(C[C@H]1C(=O)N(CCN2CCOCC2)c2nc3ccccc3n21)Nc1ccc(F)c(F)c1. The molecule has 1 aromatic heterocycles. The Kier molecular flexibility index (Phi) is 5.77. The Morgan fingerprint density at radius 3 is 2.67 bits per heavy atom. The number of hydrogen-bond acceptors (Lipinski definition) is 5. The van der Waals surface area contributed by atoms with Gasteiger partial charge in [-0.15, -0.1) is 0 Å². The third kappa shape index (κ3) is 4.19. The van der Waals surface area contributed by atoms with Gasteiger partial charge in [0.25, 0.3) is 5.91 Å². The van der Waals surface area contributed by atoms with Crippen molar-refractivity contribution >= 4 is 34.5 Å². The van der Waals surface area contributed by atoms with Crippen molar-refractivity contribution in [2.24, 2.45) is 0 Å².